The van der Waals surface area contributed by atoms with Gasteiger partial charge in [0.25, 0.3) is 0 Å². The summed E-state index contributed by atoms with van der Waals surface area (Å²) in [7, 11) is 1.34. The molecule has 3 unspecified atom stereocenters. The number of ether oxygens (including phenoxy) is 2. The number of carbonyl (C=O) groups excluding carboxylic acids is 3. The van der Waals surface area contributed by atoms with Gasteiger partial charge in [0, 0.05) is 24.8 Å². The second-order valence-corrected chi connectivity index (χ2v) is 6.51. The molecule has 0 N–H and O–H groups in total. The summed E-state index contributed by atoms with van der Waals surface area (Å²) in [5, 5.41) is 0. The summed E-state index contributed by atoms with van der Waals surface area (Å²) in [6.07, 6.45) is 4.92. The van der Waals surface area contributed by atoms with Crippen molar-refractivity contribution in [2.45, 2.75) is 46.5 Å². The summed E-state index contributed by atoms with van der Waals surface area (Å²) in [5.74, 6) is -0.574. The van der Waals surface area contributed by atoms with E-state index in [1.807, 2.05) is 0 Å². The van der Waals surface area contributed by atoms with Crippen molar-refractivity contribution in [2.75, 3.05) is 13.7 Å². The van der Waals surface area contributed by atoms with E-state index in [-0.39, 0.29) is 30.2 Å². The number of methoxy groups -OCH3 is 1. The van der Waals surface area contributed by atoms with Crippen LogP contribution in [0.2, 0.25) is 0 Å². The standard InChI is InChI=1S/C19H28O5/c1-12-6-9-18(14(3)19(22)23-5)17(11-24-15(4)21)10-16(12)8-7-13(2)20/h10,12,17-18H,3,6-9,11H2,1-2,4-5H3. The molecule has 0 aromatic rings. The Labute approximate surface area is 144 Å². The zero-order chi connectivity index (χ0) is 18.3. The Morgan fingerprint density at radius 1 is 1.25 bits per heavy atom. The van der Waals surface area contributed by atoms with E-state index in [1.165, 1.54) is 19.6 Å². The molecule has 1 aliphatic carbocycles. The van der Waals surface area contributed by atoms with Crippen molar-refractivity contribution in [2.24, 2.45) is 17.8 Å². The fourth-order valence-corrected chi connectivity index (χ4v) is 3.13. The zero-order valence-electron chi connectivity index (χ0n) is 15.1. The van der Waals surface area contributed by atoms with Gasteiger partial charge in [-0.2, -0.15) is 0 Å². The van der Waals surface area contributed by atoms with Gasteiger partial charge >= 0.3 is 11.9 Å². The maximum atomic E-state index is 11.9. The number of hydrogen-bond acceptors (Lipinski definition) is 5. The van der Waals surface area contributed by atoms with Gasteiger partial charge in [-0.1, -0.05) is 25.2 Å². The fraction of sp³-hybridized carbons (Fsp3) is 0.632. The highest BCUT2D eigenvalue weighted by molar-refractivity contribution is 5.88. The molecule has 0 amide bonds. The molecule has 5 heteroatoms. The Morgan fingerprint density at radius 3 is 2.46 bits per heavy atom. The molecule has 0 saturated carbocycles. The first-order valence-corrected chi connectivity index (χ1v) is 8.36. The molecule has 0 aromatic carbocycles. The molecule has 1 aliphatic rings. The van der Waals surface area contributed by atoms with Crippen LogP contribution in [-0.4, -0.2) is 31.4 Å². The third-order valence-electron chi connectivity index (χ3n) is 4.63. The van der Waals surface area contributed by atoms with Crippen LogP contribution in [0, 0.1) is 17.8 Å². The Kier molecular flexibility index (Phi) is 7.89. The van der Waals surface area contributed by atoms with Crippen molar-refractivity contribution in [3.63, 3.8) is 0 Å². The number of esters is 2. The van der Waals surface area contributed by atoms with Gasteiger partial charge in [-0.15, -0.1) is 0 Å². The van der Waals surface area contributed by atoms with Gasteiger partial charge in [-0.3, -0.25) is 4.79 Å². The number of carbonyl (C=O) groups is 3. The molecule has 3 atom stereocenters. The van der Waals surface area contributed by atoms with E-state index < -0.39 is 5.97 Å². The summed E-state index contributed by atoms with van der Waals surface area (Å²) in [4.78, 5) is 34.4. The Bertz CT molecular complexity index is 532. The van der Waals surface area contributed by atoms with Crippen LogP contribution in [-0.2, 0) is 23.9 Å². The van der Waals surface area contributed by atoms with Gasteiger partial charge in [0.1, 0.15) is 5.78 Å². The third kappa shape index (κ3) is 5.95. The minimum Gasteiger partial charge on any atom is -0.466 e. The summed E-state index contributed by atoms with van der Waals surface area (Å²) < 4.78 is 10.00. The molecule has 5 nitrogen and oxygen atoms in total. The van der Waals surface area contributed by atoms with Crippen LogP contribution in [0.3, 0.4) is 0 Å². The fourth-order valence-electron chi connectivity index (χ4n) is 3.13. The lowest BCUT2D eigenvalue weighted by molar-refractivity contribution is -0.142. The predicted molar refractivity (Wildman–Crippen MR) is 91.2 cm³/mol. The van der Waals surface area contributed by atoms with Crippen LogP contribution in [0.25, 0.3) is 0 Å². The van der Waals surface area contributed by atoms with Gasteiger partial charge in [0.15, 0.2) is 0 Å². The van der Waals surface area contributed by atoms with E-state index >= 15 is 0 Å². The Hall–Kier alpha value is -1.91. The largest absolute Gasteiger partial charge is 0.466 e. The summed E-state index contributed by atoms with van der Waals surface area (Å²) >= 11 is 0. The van der Waals surface area contributed by atoms with Crippen LogP contribution in [0.15, 0.2) is 23.8 Å². The van der Waals surface area contributed by atoms with E-state index in [2.05, 4.69) is 19.6 Å². The molecule has 24 heavy (non-hydrogen) atoms. The maximum Gasteiger partial charge on any atom is 0.333 e. The first-order valence-electron chi connectivity index (χ1n) is 8.36. The van der Waals surface area contributed by atoms with Gasteiger partial charge < -0.3 is 14.3 Å². The van der Waals surface area contributed by atoms with Crippen LogP contribution in [0.1, 0.15) is 46.5 Å². The zero-order valence-corrected chi connectivity index (χ0v) is 15.1. The average Bonchev–Trinajstić information content (AvgIpc) is 2.68. The number of allylic oxidation sites excluding steroid dienone is 1. The predicted octanol–water partition coefficient (Wildman–Crippen LogP) is 3.24. The first-order chi connectivity index (χ1) is 11.3. The quantitative estimate of drug-likeness (QED) is 0.405. The average molecular weight is 336 g/mol. The Balaban J connectivity index is 3.05. The molecule has 0 fully saturated rings. The van der Waals surface area contributed by atoms with E-state index in [0.717, 1.165) is 12.8 Å². The van der Waals surface area contributed by atoms with Crippen molar-refractivity contribution >= 4 is 17.7 Å². The molecule has 0 aromatic heterocycles. The van der Waals surface area contributed by atoms with Crippen molar-refractivity contribution in [1.82, 2.24) is 0 Å². The van der Waals surface area contributed by atoms with E-state index in [9.17, 15) is 14.4 Å². The topological polar surface area (TPSA) is 69.7 Å². The first kappa shape index (κ1) is 20.1. The third-order valence-corrected chi connectivity index (χ3v) is 4.63. The second kappa shape index (κ2) is 9.40. The molecule has 0 radical (unpaired) electrons. The smallest absolute Gasteiger partial charge is 0.333 e. The summed E-state index contributed by atoms with van der Waals surface area (Å²) in [6, 6.07) is 0. The van der Waals surface area contributed by atoms with Crippen LogP contribution in [0.4, 0.5) is 0 Å². The highest BCUT2D eigenvalue weighted by Gasteiger charge is 2.31. The van der Waals surface area contributed by atoms with E-state index in [0.29, 0.717) is 24.3 Å². The lowest BCUT2D eigenvalue weighted by Gasteiger charge is -2.24. The van der Waals surface area contributed by atoms with Crippen LogP contribution in [0.5, 0.6) is 0 Å². The highest BCUT2D eigenvalue weighted by Crippen LogP contribution is 2.37. The lowest BCUT2D eigenvalue weighted by atomic mass is 9.84. The van der Waals surface area contributed by atoms with Crippen molar-refractivity contribution in [3.8, 4) is 0 Å². The van der Waals surface area contributed by atoms with Crippen molar-refractivity contribution in [1.29, 1.82) is 0 Å². The molecule has 0 saturated heterocycles. The summed E-state index contributed by atoms with van der Waals surface area (Å²) in [5.41, 5.74) is 1.59. The van der Waals surface area contributed by atoms with Gasteiger partial charge in [-0.25, -0.2) is 4.79 Å². The second-order valence-electron chi connectivity index (χ2n) is 6.51. The monoisotopic (exact) mass is 336 g/mol. The number of hydrogen-bond donors (Lipinski definition) is 0. The molecule has 0 aliphatic heterocycles. The van der Waals surface area contributed by atoms with Gasteiger partial charge in [-0.05, 0) is 38.0 Å². The Morgan fingerprint density at radius 2 is 1.92 bits per heavy atom. The van der Waals surface area contributed by atoms with Crippen LogP contribution < -0.4 is 0 Å². The molecule has 0 bridgehead atoms. The molecule has 0 heterocycles. The van der Waals surface area contributed by atoms with Gasteiger partial charge in [0.2, 0.25) is 0 Å². The minimum absolute atomic E-state index is 0.130. The normalized spacial score (nSPS) is 23.7. The minimum atomic E-state index is -0.430. The van der Waals surface area contributed by atoms with Crippen molar-refractivity contribution in [3.05, 3.63) is 23.8 Å². The maximum absolute atomic E-state index is 11.9. The number of rotatable bonds is 7. The molecule has 1 rings (SSSR count). The summed E-state index contributed by atoms with van der Waals surface area (Å²) in [6.45, 7) is 9.17. The molecular formula is C19H28O5. The van der Waals surface area contributed by atoms with Gasteiger partial charge in [0.05, 0.1) is 13.7 Å². The van der Waals surface area contributed by atoms with Crippen LogP contribution >= 0.6 is 0 Å². The molecule has 0 spiro atoms. The number of ketones is 1. The lowest BCUT2D eigenvalue weighted by Crippen LogP contribution is -2.24. The number of Topliss-reactive ketones (excluding diaryl/α,β-unsaturated/α-hetero) is 1. The molecular weight excluding hydrogens is 308 g/mol. The SMILES string of the molecule is C=C(C(=O)OC)C1CCC(C)C(CCC(C)=O)=CC1COC(C)=O. The van der Waals surface area contributed by atoms with E-state index in [1.54, 1.807) is 6.92 Å². The highest BCUT2D eigenvalue weighted by atomic mass is 16.5. The van der Waals surface area contributed by atoms with E-state index in [4.69, 9.17) is 9.47 Å². The van der Waals surface area contributed by atoms with Crippen molar-refractivity contribution < 1.29 is 23.9 Å². The molecule has 134 valence electrons.